The Hall–Kier alpha value is -2.52. The quantitative estimate of drug-likeness (QED) is 0.664. The van der Waals surface area contributed by atoms with E-state index in [1.807, 2.05) is 18.7 Å². The summed E-state index contributed by atoms with van der Waals surface area (Å²) in [6, 6.07) is 8.12. The Balaban J connectivity index is 1.43. The first kappa shape index (κ1) is 22.2. The van der Waals surface area contributed by atoms with Gasteiger partial charge in [-0.3, -0.25) is 4.79 Å². The predicted octanol–water partition coefficient (Wildman–Crippen LogP) is 2.26. The number of hydrogen-bond donors (Lipinski definition) is 2. The lowest BCUT2D eigenvalue weighted by Crippen LogP contribution is -2.42. The van der Waals surface area contributed by atoms with E-state index in [9.17, 15) is 13.2 Å². The molecule has 0 unspecified atom stereocenters. The van der Waals surface area contributed by atoms with Gasteiger partial charge < -0.3 is 10.2 Å². The molecule has 0 saturated carbocycles. The van der Waals surface area contributed by atoms with Crippen molar-refractivity contribution < 1.29 is 13.2 Å². The van der Waals surface area contributed by atoms with Crippen molar-refractivity contribution in [3.8, 4) is 0 Å². The smallest absolute Gasteiger partial charge is 0.264 e. The van der Waals surface area contributed by atoms with Crippen molar-refractivity contribution in [2.24, 2.45) is 11.8 Å². The number of benzene rings is 1. The number of aromatic nitrogens is 2. The van der Waals surface area contributed by atoms with Gasteiger partial charge in [0.05, 0.1) is 4.90 Å². The van der Waals surface area contributed by atoms with E-state index in [0.29, 0.717) is 12.5 Å². The molecule has 1 amide bonds. The Labute approximate surface area is 178 Å². The van der Waals surface area contributed by atoms with E-state index in [1.165, 1.54) is 12.1 Å². The Morgan fingerprint density at radius 1 is 1.13 bits per heavy atom. The summed E-state index contributed by atoms with van der Waals surface area (Å²) in [6.45, 7) is 7.00. The van der Waals surface area contributed by atoms with Crippen molar-refractivity contribution in [1.29, 1.82) is 0 Å². The Kier molecular flexibility index (Phi) is 7.38. The minimum Gasteiger partial charge on any atom is -0.342 e. The van der Waals surface area contributed by atoms with Gasteiger partial charge in [-0.1, -0.05) is 32.0 Å². The zero-order chi connectivity index (χ0) is 21.6. The third-order valence-electron chi connectivity index (χ3n) is 5.17. The lowest BCUT2D eigenvalue weighted by atomic mass is 9.96. The number of rotatable bonds is 8. The first-order chi connectivity index (χ1) is 14.3. The molecule has 9 heteroatoms. The van der Waals surface area contributed by atoms with Crippen LogP contribution in [0.4, 0.5) is 5.95 Å². The normalized spacial score (nSPS) is 15.4. The first-order valence-electron chi connectivity index (χ1n) is 10.2. The molecule has 0 bridgehead atoms. The maximum atomic E-state index is 12.3. The number of carbonyl (C=O) groups excluding carboxylic acids is 1. The van der Waals surface area contributed by atoms with Crippen LogP contribution in [-0.4, -0.2) is 48.8 Å². The van der Waals surface area contributed by atoms with Crippen LogP contribution >= 0.6 is 0 Å². The van der Waals surface area contributed by atoms with Crippen LogP contribution in [0.2, 0.25) is 0 Å². The van der Waals surface area contributed by atoms with Gasteiger partial charge in [0.25, 0.3) is 10.0 Å². The first-order valence-corrected chi connectivity index (χ1v) is 11.7. The van der Waals surface area contributed by atoms with Gasteiger partial charge in [-0.2, -0.15) is 0 Å². The summed E-state index contributed by atoms with van der Waals surface area (Å²) in [7, 11) is -3.69. The number of sulfonamides is 1. The van der Waals surface area contributed by atoms with Gasteiger partial charge >= 0.3 is 0 Å². The molecule has 1 aliphatic heterocycles. The van der Waals surface area contributed by atoms with Crippen LogP contribution < -0.4 is 10.0 Å². The van der Waals surface area contributed by atoms with Crippen LogP contribution in [0.3, 0.4) is 0 Å². The van der Waals surface area contributed by atoms with E-state index in [4.69, 9.17) is 0 Å². The average molecular weight is 432 g/mol. The number of anilines is 1. The zero-order valence-corrected chi connectivity index (χ0v) is 18.2. The molecule has 1 aromatic heterocycles. The molecular formula is C21H29N5O3S. The fourth-order valence-electron chi connectivity index (χ4n) is 3.42. The standard InChI is InChI=1S/C21H29N5O3S/c1-16(2)20(27)26-10-8-17(9-11-26)12-22-13-18-14-23-21(24-15-18)25-30(28,29)19-6-4-3-5-7-19/h3-7,14-17,22H,8-13H2,1-2H3,(H,23,24,25). The van der Waals surface area contributed by atoms with Crippen LogP contribution in [0.1, 0.15) is 32.3 Å². The largest absolute Gasteiger partial charge is 0.342 e. The van der Waals surface area contributed by atoms with Crippen molar-refractivity contribution in [1.82, 2.24) is 20.2 Å². The van der Waals surface area contributed by atoms with E-state index in [0.717, 1.165) is 38.0 Å². The molecule has 1 aliphatic rings. The lowest BCUT2D eigenvalue weighted by Gasteiger charge is -2.33. The van der Waals surface area contributed by atoms with Gasteiger partial charge in [0.2, 0.25) is 11.9 Å². The topological polar surface area (TPSA) is 104 Å². The molecule has 30 heavy (non-hydrogen) atoms. The van der Waals surface area contributed by atoms with Crippen molar-refractivity contribution in [2.75, 3.05) is 24.4 Å². The molecule has 1 aromatic carbocycles. The van der Waals surface area contributed by atoms with E-state index < -0.39 is 10.0 Å². The summed E-state index contributed by atoms with van der Waals surface area (Å²) in [5.41, 5.74) is 0.880. The molecule has 0 radical (unpaired) electrons. The van der Waals surface area contributed by atoms with Crippen molar-refractivity contribution >= 4 is 21.9 Å². The van der Waals surface area contributed by atoms with Crippen LogP contribution in [0.25, 0.3) is 0 Å². The molecule has 1 fully saturated rings. The molecule has 1 saturated heterocycles. The summed E-state index contributed by atoms with van der Waals surface area (Å²) in [4.78, 5) is 22.4. The van der Waals surface area contributed by atoms with E-state index in [1.54, 1.807) is 30.6 Å². The summed E-state index contributed by atoms with van der Waals surface area (Å²) in [6.07, 6.45) is 5.24. The third kappa shape index (κ3) is 5.99. The summed E-state index contributed by atoms with van der Waals surface area (Å²) < 4.78 is 27.0. The number of carbonyl (C=O) groups is 1. The zero-order valence-electron chi connectivity index (χ0n) is 17.4. The highest BCUT2D eigenvalue weighted by Gasteiger charge is 2.24. The highest BCUT2D eigenvalue weighted by molar-refractivity contribution is 7.92. The summed E-state index contributed by atoms with van der Waals surface area (Å²) in [5, 5.41) is 3.41. The van der Waals surface area contributed by atoms with Crippen LogP contribution in [0, 0.1) is 11.8 Å². The van der Waals surface area contributed by atoms with Gasteiger partial charge in [0.1, 0.15) is 0 Å². The highest BCUT2D eigenvalue weighted by Crippen LogP contribution is 2.18. The van der Waals surface area contributed by atoms with E-state index in [2.05, 4.69) is 20.0 Å². The minimum absolute atomic E-state index is 0.0461. The van der Waals surface area contributed by atoms with E-state index >= 15 is 0 Å². The van der Waals surface area contributed by atoms with Gasteiger partial charge in [0, 0.05) is 43.5 Å². The number of piperidine rings is 1. The maximum Gasteiger partial charge on any atom is 0.264 e. The minimum atomic E-state index is -3.69. The van der Waals surface area contributed by atoms with Gasteiger partial charge in [-0.05, 0) is 37.4 Å². The van der Waals surface area contributed by atoms with Gasteiger partial charge in [-0.25, -0.2) is 23.1 Å². The molecule has 3 rings (SSSR count). The average Bonchev–Trinajstić information content (AvgIpc) is 2.75. The van der Waals surface area contributed by atoms with Crippen LogP contribution in [0.5, 0.6) is 0 Å². The van der Waals surface area contributed by atoms with Crippen molar-refractivity contribution in [3.05, 3.63) is 48.3 Å². The van der Waals surface area contributed by atoms with Crippen molar-refractivity contribution in [2.45, 2.75) is 38.1 Å². The highest BCUT2D eigenvalue weighted by atomic mass is 32.2. The second-order valence-corrected chi connectivity index (χ2v) is 9.57. The number of likely N-dealkylation sites (tertiary alicyclic amines) is 1. The van der Waals surface area contributed by atoms with Gasteiger partial charge in [0.15, 0.2) is 0 Å². The summed E-state index contributed by atoms with van der Waals surface area (Å²) in [5.74, 6) is 0.880. The van der Waals surface area contributed by atoms with Gasteiger partial charge in [-0.15, -0.1) is 0 Å². The fraction of sp³-hybridized carbons (Fsp3) is 0.476. The Bertz CT molecular complexity index is 925. The van der Waals surface area contributed by atoms with Crippen molar-refractivity contribution in [3.63, 3.8) is 0 Å². The maximum absolute atomic E-state index is 12.3. The molecule has 0 atom stereocenters. The number of amides is 1. The number of nitrogens with one attached hydrogen (secondary N) is 2. The molecule has 8 nitrogen and oxygen atoms in total. The molecule has 2 N–H and O–H groups in total. The molecule has 0 spiro atoms. The molecule has 2 aromatic rings. The lowest BCUT2D eigenvalue weighted by molar-refractivity contribution is -0.135. The van der Waals surface area contributed by atoms with E-state index in [-0.39, 0.29) is 22.7 Å². The number of hydrogen-bond acceptors (Lipinski definition) is 6. The molecule has 0 aliphatic carbocycles. The predicted molar refractivity (Wildman–Crippen MR) is 115 cm³/mol. The fourth-order valence-corrected chi connectivity index (χ4v) is 4.40. The van der Waals surface area contributed by atoms with Crippen LogP contribution in [0.15, 0.2) is 47.6 Å². The van der Waals surface area contributed by atoms with Crippen LogP contribution in [-0.2, 0) is 21.4 Å². The molecule has 162 valence electrons. The second kappa shape index (κ2) is 9.99. The number of nitrogens with zero attached hydrogens (tertiary/aromatic N) is 3. The summed E-state index contributed by atoms with van der Waals surface area (Å²) >= 11 is 0. The second-order valence-electron chi connectivity index (χ2n) is 7.89. The Morgan fingerprint density at radius 3 is 2.37 bits per heavy atom. The molecule has 2 heterocycles. The Morgan fingerprint density at radius 2 is 1.77 bits per heavy atom. The monoisotopic (exact) mass is 431 g/mol. The third-order valence-corrected chi connectivity index (χ3v) is 6.51. The molecular weight excluding hydrogens is 402 g/mol. The SMILES string of the molecule is CC(C)C(=O)N1CCC(CNCc2cnc(NS(=O)(=O)c3ccccc3)nc2)CC1.